The highest BCUT2D eigenvalue weighted by atomic mass is 15.3. The van der Waals surface area contributed by atoms with Gasteiger partial charge in [0, 0.05) is 13.5 Å². The van der Waals surface area contributed by atoms with Crippen LogP contribution in [0, 0.1) is 0 Å². The van der Waals surface area contributed by atoms with E-state index in [-0.39, 0.29) is 0 Å². The van der Waals surface area contributed by atoms with Crippen molar-refractivity contribution in [3.63, 3.8) is 0 Å². The number of hydrogen-bond donors (Lipinski definition) is 1. The summed E-state index contributed by atoms with van der Waals surface area (Å²) in [5.41, 5.74) is 0. The van der Waals surface area contributed by atoms with Crippen LogP contribution >= 0.6 is 0 Å². The molecule has 0 spiro atoms. The summed E-state index contributed by atoms with van der Waals surface area (Å²) in [5.74, 6) is 1.08. The first-order valence-corrected chi connectivity index (χ1v) is 4.32. The van der Waals surface area contributed by atoms with Gasteiger partial charge < -0.3 is 5.32 Å². The fraction of sp³-hybridized carbons (Fsp3) is 0.750. The van der Waals surface area contributed by atoms with Gasteiger partial charge in [-0.15, -0.1) is 0 Å². The lowest BCUT2D eigenvalue weighted by Gasteiger charge is -1.99. The highest BCUT2D eigenvalue weighted by Crippen LogP contribution is 1.98. The summed E-state index contributed by atoms with van der Waals surface area (Å²) in [6.07, 6.45) is 5.00. The highest BCUT2D eigenvalue weighted by molar-refractivity contribution is 4.82. The summed E-state index contributed by atoms with van der Waals surface area (Å²) in [6.45, 7) is 1.08. The average Bonchev–Trinajstić information content (AvgIpc) is 2.46. The van der Waals surface area contributed by atoms with Gasteiger partial charge in [-0.2, -0.15) is 5.10 Å². The van der Waals surface area contributed by atoms with Gasteiger partial charge in [-0.05, 0) is 26.4 Å². The van der Waals surface area contributed by atoms with Gasteiger partial charge in [0.25, 0.3) is 0 Å². The Labute approximate surface area is 73.0 Å². The number of hydrogen-bond acceptors (Lipinski definition) is 3. The summed E-state index contributed by atoms with van der Waals surface area (Å²) in [6, 6.07) is 0. The second kappa shape index (κ2) is 4.87. The number of aromatic nitrogens is 3. The Bertz CT molecular complexity index is 219. The van der Waals surface area contributed by atoms with E-state index < -0.39 is 0 Å². The summed E-state index contributed by atoms with van der Waals surface area (Å²) >= 11 is 0. The van der Waals surface area contributed by atoms with E-state index in [2.05, 4.69) is 15.4 Å². The first kappa shape index (κ1) is 9.19. The van der Waals surface area contributed by atoms with E-state index in [9.17, 15) is 0 Å². The molecule has 0 aliphatic rings. The van der Waals surface area contributed by atoms with Gasteiger partial charge in [0.1, 0.15) is 12.2 Å². The Morgan fingerprint density at radius 2 is 2.33 bits per heavy atom. The molecule has 68 valence electrons. The molecule has 0 amide bonds. The van der Waals surface area contributed by atoms with Crippen LogP contribution in [0.5, 0.6) is 0 Å². The fourth-order valence-corrected chi connectivity index (χ4v) is 1.13. The van der Waals surface area contributed by atoms with Gasteiger partial charge >= 0.3 is 0 Å². The molecule has 0 aromatic carbocycles. The van der Waals surface area contributed by atoms with E-state index in [0.717, 1.165) is 18.8 Å². The SMILES string of the molecule is CNCCCCc1ncnn1C. The zero-order chi connectivity index (χ0) is 8.81. The molecule has 0 unspecified atom stereocenters. The molecule has 12 heavy (non-hydrogen) atoms. The minimum atomic E-state index is 1.03. The molecule has 1 heterocycles. The third-order valence-electron chi connectivity index (χ3n) is 1.88. The Hall–Kier alpha value is -0.900. The van der Waals surface area contributed by atoms with Gasteiger partial charge in [-0.1, -0.05) is 0 Å². The average molecular weight is 168 g/mol. The van der Waals surface area contributed by atoms with Crippen molar-refractivity contribution in [2.45, 2.75) is 19.3 Å². The fourth-order valence-electron chi connectivity index (χ4n) is 1.13. The molecule has 0 radical (unpaired) electrons. The molecule has 4 nitrogen and oxygen atoms in total. The van der Waals surface area contributed by atoms with Crippen molar-refractivity contribution in [2.24, 2.45) is 7.05 Å². The summed E-state index contributed by atoms with van der Waals surface area (Å²) in [4.78, 5) is 4.14. The molecule has 1 N–H and O–H groups in total. The van der Waals surface area contributed by atoms with Crippen LogP contribution in [0.15, 0.2) is 6.33 Å². The van der Waals surface area contributed by atoms with Crippen LogP contribution in [0.25, 0.3) is 0 Å². The maximum atomic E-state index is 4.14. The van der Waals surface area contributed by atoms with Gasteiger partial charge in [-0.25, -0.2) is 4.98 Å². The van der Waals surface area contributed by atoms with Gasteiger partial charge in [0.2, 0.25) is 0 Å². The largest absolute Gasteiger partial charge is 0.320 e. The molecule has 4 heteroatoms. The van der Waals surface area contributed by atoms with Crippen LogP contribution in [0.3, 0.4) is 0 Å². The van der Waals surface area contributed by atoms with Crippen molar-refractivity contribution >= 4 is 0 Å². The van der Waals surface area contributed by atoms with Crippen LogP contribution in [0.2, 0.25) is 0 Å². The molecule has 0 atom stereocenters. The van der Waals surface area contributed by atoms with Crippen molar-refractivity contribution in [3.05, 3.63) is 12.2 Å². The second-order valence-corrected chi connectivity index (χ2v) is 2.86. The van der Waals surface area contributed by atoms with Gasteiger partial charge in [-0.3, -0.25) is 4.68 Å². The molecule has 1 aromatic heterocycles. The molecular weight excluding hydrogens is 152 g/mol. The zero-order valence-electron chi connectivity index (χ0n) is 7.75. The Morgan fingerprint density at radius 1 is 1.50 bits per heavy atom. The second-order valence-electron chi connectivity index (χ2n) is 2.86. The van der Waals surface area contributed by atoms with Crippen molar-refractivity contribution in [1.82, 2.24) is 20.1 Å². The smallest absolute Gasteiger partial charge is 0.138 e. The number of rotatable bonds is 5. The standard InChI is InChI=1S/C8H16N4/c1-9-6-4-3-5-8-10-7-11-12(8)2/h7,9H,3-6H2,1-2H3. The minimum absolute atomic E-state index is 1.03. The molecule has 1 aromatic rings. The molecular formula is C8H16N4. The first-order valence-electron chi connectivity index (χ1n) is 4.32. The topological polar surface area (TPSA) is 42.7 Å². The Morgan fingerprint density at radius 3 is 2.92 bits per heavy atom. The molecule has 0 saturated carbocycles. The monoisotopic (exact) mass is 168 g/mol. The maximum absolute atomic E-state index is 4.14. The maximum Gasteiger partial charge on any atom is 0.138 e. The molecule has 0 bridgehead atoms. The van der Waals surface area contributed by atoms with E-state index in [4.69, 9.17) is 0 Å². The van der Waals surface area contributed by atoms with E-state index >= 15 is 0 Å². The van der Waals surface area contributed by atoms with Crippen molar-refractivity contribution in [2.75, 3.05) is 13.6 Å². The summed E-state index contributed by atoms with van der Waals surface area (Å²) < 4.78 is 1.83. The van der Waals surface area contributed by atoms with E-state index in [1.165, 1.54) is 12.8 Å². The van der Waals surface area contributed by atoms with Crippen molar-refractivity contribution in [3.8, 4) is 0 Å². The molecule has 0 aliphatic carbocycles. The number of unbranched alkanes of at least 4 members (excludes halogenated alkanes) is 1. The van der Waals surface area contributed by atoms with Crippen LogP contribution in [-0.4, -0.2) is 28.4 Å². The van der Waals surface area contributed by atoms with Crippen LogP contribution in [0.4, 0.5) is 0 Å². The highest BCUT2D eigenvalue weighted by Gasteiger charge is 1.98. The lowest BCUT2D eigenvalue weighted by molar-refractivity contribution is 0.629. The predicted octanol–water partition coefficient (Wildman–Crippen LogP) is 0.357. The molecule has 1 rings (SSSR count). The van der Waals surface area contributed by atoms with Crippen LogP contribution in [0.1, 0.15) is 18.7 Å². The van der Waals surface area contributed by atoms with E-state index in [1.54, 1.807) is 6.33 Å². The van der Waals surface area contributed by atoms with Gasteiger partial charge in [0.15, 0.2) is 0 Å². The summed E-state index contributed by atoms with van der Waals surface area (Å²) in [7, 11) is 3.91. The number of nitrogens with zero attached hydrogens (tertiary/aromatic N) is 3. The zero-order valence-corrected chi connectivity index (χ0v) is 7.75. The van der Waals surface area contributed by atoms with Crippen LogP contribution < -0.4 is 5.32 Å². The van der Waals surface area contributed by atoms with E-state index in [0.29, 0.717) is 0 Å². The first-order chi connectivity index (χ1) is 5.84. The predicted molar refractivity (Wildman–Crippen MR) is 47.9 cm³/mol. The lowest BCUT2D eigenvalue weighted by Crippen LogP contribution is -2.08. The van der Waals surface area contributed by atoms with E-state index in [1.807, 2.05) is 18.8 Å². The molecule has 0 saturated heterocycles. The van der Waals surface area contributed by atoms with Crippen molar-refractivity contribution < 1.29 is 0 Å². The van der Waals surface area contributed by atoms with Crippen molar-refractivity contribution in [1.29, 1.82) is 0 Å². The quantitative estimate of drug-likeness (QED) is 0.645. The Balaban J connectivity index is 2.20. The summed E-state index contributed by atoms with van der Waals surface area (Å²) in [5, 5.41) is 7.13. The Kier molecular flexibility index (Phi) is 3.73. The lowest BCUT2D eigenvalue weighted by atomic mass is 10.2. The molecule has 0 aliphatic heterocycles. The van der Waals surface area contributed by atoms with Crippen LogP contribution in [-0.2, 0) is 13.5 Å². The normalized spacial score (nSPS) is 10.5. The third-order valence-corrected chi connectivity index (χ3v) is 1.88. The minimum Gasteiger partial charge on any atom is -0.320 e. The number of nitrogens with one attached hydrogen (secondary N) is 1. The van der Waals surface area contributed by atoms with Gasteiger partial charge in [0.05, 0.1) is 0 Å². The number of aryl methyl sites for hydroxylation is 2. The molecule has 0 fully saturated rings. The third kappa shape index (κ3) is 2.62.